The van der Waals surface area contributed by atoms with Crippen LogP contribution in [0.1, 0.15) is 45.2 Å². The van der Waals surface area contributed by atoms with Crippen molar-refractivity contribution in [2.24, 2.45) is 0 Å². The first kappa shape index (κ1) is 16.5. The molecule has 0 radical (unpaired) electrons. The van der Waals surface area contributed by atoms with E-state index in [0.29, 0.717) is 12.5 Å². The summed E-state index contributed by atoms with van der Waals surface area (Å²) in [6.07, 6.45) is 1.42. The lowest BCUT2D eigenvalue weighted by atomic mass is 10.1. The highest BCUT2D eigenvalue weighted by Crippen LogP contribution is 2.17. The van der Waals surface area contributed by atoms with Crippen molar-refractivity contribution in [3.63, 3.8) is 0 Å². The van der Waals surface area contributed by atoms with Gasteiger partial charge in [-0.05, 0) is 37.6 Å². The summed E-state index contributed by atoms with van der Waals surface area (Å²) < 4.78 is 5.12. The van der Waals surface area contributed by atoms with E-state index in [4.69, 9.17) is 4.74 Å². The van der Waals surface area contributed by atoms with E-state index in [1.165, 1.54) is 0 Å². The molecule has 1 amide bonds. The molecule has 1 aromatic rings. The van der Waals surface area contributed by atoms with Crippen molar-refractivity contribution < 1.29 is 9.53 Å². The van der Waals surface area contributed by atoms with Gasteiger partial charge >= 0.3 is 0 Å². The van der Waals surface area contributed by atoms with E-state index in [0.717, 1.165) is 24.3 Å². The Morgan fingerprint density at radius 2 is 1.85 bits per heavy atom. The number of carbonyl (C=O) groups excluding carboxylic acids is 1. The summed E-state index contributed by atoms with van der Waals surface area (Å²) in [4.78, 5) is 11.8. The van der Waals surface area contributed by atoms with E-state index in [1.54, 1.807) is 7.11 Å². The molecule has 1 unspecified atom stereocenters. The van der Waals surface area contributed by atoms with Crippen molar-refractivity contribution >= 4 is 5.91 Å². The van der Waals surface area contributed by atoms with Crippen LogP contribution in [0.3, 0.4) is 0 Å². The second-order valence-electron chi connectivity index (χ2n) is 5.27. The lowest BCUT2D eigenvalue weighted by Crippen LogP contribution is -2.28. The van der Waals surface area contributed by atoms with E-state index in [9.17, 15) is 4.79 Å². The molecular weight excluding hydrogens is 252 g/mol. The summed E-state index contributed by atoms with van der Waals surface area (Å²) in [6.45, 7) is 7.08. The van der Waals surface area contributed by atoms with Crippen LogP contribution in [0.25, 0.3) is 0 Å². The first-order valence-electron chi connectivity index (χ1n) is 7.19. The van der Waals surface area contributed by atoms with Crippen LogP contribution in [0, 0.1) is 0 Å². The van der Waals surface area contributed by atoms with E-state index >= 15 is 0 Å². The van der Waals surface area contributed by atoms with Gasteiger partial charge in [0.1, 0.15) is 5.75 Å². The average Bonchev–Trinajstić information content (AvgIpc) is 2.43. The van der Waals surface area contributed by atoms with Crippen molar-refractivity contribution in [2.45, 2.75) is 45.7 Å². The maximum Gasteiger partial charge on any atom is 0.220 e. The molecule has 4 heteroatoms. The van der Waals surface area contributed by atoms with Crippen molar-refractivity contribution in [1.82, 2.24) is 10.6 Å². The first-order valence-corrected chi connectivity index (χ1v) is 7.19. The van der Waals surface area contributed by atoms with Crippen molar-refractivity contribution in [3.05, 3.63) is 29.8 Å². The fourth-order valence-corrected chi connectivity index (χ4v) is 1.93. The molecule has 1 atom stereocenters. The van der Waals surface area contributed by atoms with Gasteiger partial charge in [-0.15, -0.1) is 0 Å². The predicted molar refractivity (Wildman–Crippen MR) is 81.9 cm³/mol. The number of amides is 1. The second-order valence-corrected chi connectivity index (χ2v) is 5.27. The Bertz CT molecular complexity index is 401. The molecule has 0 aromatic heterocycles. The summed E-state index contributed by atoms with van der Waals surface area (Å²) in [6, 6.07) is 8.26. The minimum Gasteiger partial charge on any atom is -0.497 e. The summed E-state index contributed by atoms with van der Waals surface area (Å²) in [5.74, 6) is 0.922. The topological polar surface area (TPSA) is 50.4 Å². The molecule has 0 saturated heterocycles. The van der Waals surface area contributed by atoms with Crippen LogP contribution in [0.15, 0.2) is 24.3 Å². The van der Waals surface area contributed by atoms with Crippen LogP contribution < -0.4 is 15.4 Å². The van der Waals surface area contributed by atoms with Gasteiger partial charge in [0.25, 0.3) is 0 Å². The molecular formula is C16H26N2O2. The number of carbonyl (C=O) groups is 1. The number of ether oxygens (including phenoxy) is 1. The molecule has 0 fully saturated rings. The smallest absolute Gasteiger partial charge is 0.220 e. The molecule has 0 saturated carbocycles. The highest BCUT2D eigenvalue weighted by molar-refractivity contribution is 5.76. The molecule has 0 aliphatic heterocycles. The monoisotopic (exact) mass is 278 g/mol. The third-order valence-corrected chi connectivity index (χ3v) is 3.13. The summed E-state index contributed by atoms with van der Waals surface area (Å²) in [7, 11) is 1.64. The Morgan fingerprint density at radius 1 is 1.20 bits per heavy atom. The minimum atomic E-state index is 0.0199. The SMILES string of the molecule is COc1ccc(C(C)NC(=O)CCCNC(C)C)cc1. The lowest BCUT2D eigenvalue weighted by Gasteiger charge is -2.15. The van der Waals surface area contributed by atoms with Gasteiger partial charge in [0.05, 0.1) is 13.2 Å². The Morgan fingerprint density at radius 3 is 2.40 bits per heavy atom. The first-order chi connectivity index (χ1) is 9.52. The van der Waals surface area contributed by atoms with Gasteiger partial charge < -0.3 is 15.4 Å². The van der Waals surface area contributed by atoms with E-state index < -0.39 is 0 Å². The van der Waals surface area contributed by atoms with Crippen molar-refractivity contribution in [3.8, 4) is 5.75 Å². The average molecular weight is 278 g/mol. The van der Waals surface area contributed by atoms with E-state index in [1.807, 2.05) is 31.2 Å². The van der Waals surface area contributed by atoms with E-state index in [-0.39, 0.29) is 11.9 Å². The second kappa shape index (κ2) is 8.59. The molecule has 112 valence electrons. The maximum absolute atomic E-state index is 11.8. The largest absolute Gasteiger partial charge is 0.497 e. The van der Waals surface area contributed by atoms with Crippen LogP contribution in [0.5, 0.6) is 5.75 Å². The van der Waals surface area contributed by atoms with Gasteiger partial charge in [0.2, 0.25) is 5.91 Å². The van der Waals surface area contributed by atoms with Gasteiger partial charge in [0.15, 0.2) is 0 Å². The summed E-state index contributed by atoms with van der Waals surface area (Å²) in [5.41, 5.74) is 1.08. The number of hydrogen-bond acceptors (Lipinski definition) is 3. The molecule has 20 heavy (non-hydrogen) atoms. The molecule has 4 nitrogen and oxygen atoms in total. The van der Waals surface area contributed by atoms with Crippen LogP contribution in [-0.2, 0) is 4.79 Å². The molecule has 1 aromatic carbocycles. The maximum atomic E-state index is 11.8. The zero-order chi connectivity index (χ0) is 15.0. The molecule has 0 spiro atoms. The van der Waals surface area contributed by atoms with Crippen LogP contribution >= 0.6 is 0 Å². The van der Waals surface area contributed by atoms with Gasteiger partial charge in [0, 0.05) is 12.5 Å². The highest BCUT2D eigenvalue weighted by Gasteiger charge is 2.09. The minimum absolute atomic E-state index is 0.0199. The van der Waals surface area contributed by atoms with E-state index in [2.05, 4.69) is 24.5 Å². The molecule has 2 N–H and O–H groups in total. The lowest BCUT2D eigenvalue weighted by molar-refractivity contribution is -0.121. The predicted octanol–water partition coefficient (Wildman–Crippen LogP) is 2.65. The molecule has 1 rings (SSSR count). The van der Waals surface area contributed by atoms with Gasteiger partial charge in [-0.3, -0.25) is 4.79 Å². The number of rotatable bonds is 8. The third kappa shape index (κ3) is 6.06. The Balaban J connectivity index is 2.33. The number of methoxy groups -OCH3 is 1. The molecule has 0 aliphatic rings. The molecule has 0 bridgehead atoms. The molecule has 0 aliphatic carbocycles. The summed E-state index contributed by atoms with van der Waals surface area (Å²) >= 11 is 0. The Labute approximate surface area is 121 Å². The normalized spacial score (nSPS) is 12.2. The molecule has 0 heterocycles. The fourth-order valence-electron chi connectivity index (χ4n) is 1.93. The zero-order valence-electron chi connectivity index (χ0n) is 12.9. The summed E-state index contributed by atoms with van der Waals surface area (Å²) in [5, 5.41) is 6.32. The van der Waals surface area contributed by atoms with Gasteiger partial charge in [-0.1, -0.05) is 26.0 Å². The number of nitrogens with one attached hydrogen (secondary N) is 2. The standard InChI is InChI=1S/C16H26N2O2/c1-12(2)17-11-5-6-16(19)18-13(3)14-7-9-15(20-4)10-8-14/h7-10,12-13,17H,5-6,11H2,1-4H3,(H,18,19). The van der Waals surface area contributed by atoms with Crippen LogP contribution in [-0.4, -0.2) is 25.6 Å². The van der Waals surface area contributed by atoms with Crippen LogP contribution in [0.4, 0.5) is 0 Å². The Hall–Kier alpha value is -1.55. The quantitative estimate of drug-likeness (QED) is 0.719. The highest BCUT2D eigenvalue weighted by atomic mass is 16.5. The van der Waals surface area contributed by atoms with Gasteiger partial charge in [-0.25, -0.2) is 0 Å². The van der Waals surface area contributed by atoms with Gasteiger partial charge in [-0.2, -0.15) is 0 Å². The van der Waals surface area contributed by atoms with Crippen molar-refractivity contribution in [1.29, 1.82) is 0 Å². The third-order valence-electron chi connectivity index (χ3n) is 3.13. The zero-order valence-corrected chi connectivity index (χ0v) is 12.9. The number of hydrogen-bond donors (Lipinski definition) is 2. The fraction of sp³-hybridized carbons (Fsp3) is 0.562. The van der Waals surface area contributed by atoms with Crippen LogP contribution in [0.2, 0.25) is 0 Å². The number of benzene rings is 1. The Kier molecular flexibility index (Phi) is 7.09. The van der Waals surface area contributed by atoms with Crippen molar-refractivity contribution in [2.75, 3.05) is 13.7 Å².